The minimum Gasteiger partial charge on any atom is -0.390 e. The van der Waals surface area contributed by atoms with Crippen molar-refractivity contribution in [3.05, 3.63) is 17.7 Å². The third kappa shape index (κ3) is 5.09. The lowest BCUT2D eigenvalue weighted by atomic mass is 9.74. The summed E-state index contributed by atoms with van der Waals surface area (Å²) in [6, 6.07) is -0.763. The highest BCUT2D eigenvalue weighted by Crippen LogP contribution is 2.38. The molecule has 1 amide bonds. The number of rotatable bonds is 9. The minimum atomic E-state index is -0.832. The third-order valence-corrected chi connectivity index (χ3v) is 6.51. The van der Waals surface area contributed by atoms with Crippen LogP contribution in [-0.2, 0) is 11.2 Å². The summed E-state index contributed by atoms with van der Waals surface area (Å²) in [7, 11) is 0. The van der Waals surface area contributed by atoms with Crippen LogP contribution in [0.1, 0.15) is 75.2 Å². The molecule has 0 bridgehead atoms. The lowest BCUT2D eigenvalue weighted by Gasteiger charge is -2.37. The Kier molecular flexibility index (Phi) is 6.89. The van der Waals surface area contributed by atoms with Gasteiger partial charge in [-0.3, -0.25) is 4.79 Å². The Morgan fingerprint density at radius 1 is 1.19 bits per heavy atom. The van der Waals surface area contributed by atoms with Crippen molar-refractivity contribution in [2.24, 2.45) is 23.3 Å². The Hall–Kier alpha value is -1.44. The number of aliphatic hydroxyl groups is 2. The molecule has 2 aliphatic carbocycles. The summed E-state index contributed by atoms with van der Waals surface area (Å²) in [6.07, 6.45) is 10.4. The van der Waals surface area contributed by atoms with Gasteiger partial charge in [0, 0.05) is 24.2 Å². The van der Waals surface area contributed by atoms with Crippen LogP contribution in [0.5, 0.6) is 0 Å². The van der Waals surface area contributed by atoms with Crippen LogP contribution in [0.2, 0.25) is 0 Å². The van der Waals surface area contributed by atoms with E-state index in [1.807, 2.05) is 0 Å². The van der Waals surface area contributed by atoms with Crippen molar-refractivity contribution in [3.63, 3.8) is 0 Å². The van der Waals surface area contributed by atoms with Crippen molar-refractivity contribution in [1.82, 2.24) is 9.97 Å². The van der Waals surface area contributed by atoms with Crippen molar-refractivity contribution in [2.45, 2.75) is 88.4 Å². The van der Waals surface area contributed by atoms with E-state index >= 15 is 0 Å². The van der Waals surface area contributed by atoms with Crippen molar-refractivity contribution in [1.29, 1.82) is 0 Å². The second-order valence-corrected chi connectivity index (χ2v) is 8.53. The number of imidazole rings is 1. The number of aromatic amines is 1. The fourth-order valence-corrected chi connectivity index (χ4v) is 4.50. The molecule has 0 aromatic carbocycles. The zero-order valence-electron chi connectivity index (χ0n) is 16.0. The Morgan fingerprint density at radius 2 is 1.89 bits per heavy atom. The molecule has 0 spiro atoms. The van der Waals surface area contributed by atoms with Crippen LogP contribution in [-0.4, -0.2) is 44.3 Å². The van der Waals surface area contributed by atoms with E-state index in [1.165, 1.54) is 32.1 Å². The molecule has 27 heavy (non-hydrogen) atoms. The fraction of sp³-hybridized carbons (Fsp3) is 0.800. The first-order valence-electron chi connectivity index (χ1n) is 10.4. The molecule has 7 heteroatoms. The van der Waals surface area contributed by atoms with Gasteiger partial charge in [-0.25, -0.2) is 4.98 Å². The SMILES string of the molecule is NC(=O)[C@@H](N)Cc1cnc([C@H](CC2CCCCC2)[C@@H](O)[C@@H](O)C2CCC2)[nH]1. The van der Waals surface area contributed by atoms with E-state index in [1.54, 1.807) is 6.20 Å². The van der Waals surface area contributed by atoms with Gasteiger partial charge in [0.25, 0.3) is 0 Å². The topological polar surface area (TPSA) is 138 Å². The Morgan fingerprint density at radius 3 is 2.48 bits per heavy atom. The first-order chi connectivity index (χ1) is 13.0. The number of H-pyrrole nitrogens is 1. The zero-order valence-corrected chi connectivity index (χ0v) is 16.0. The van der Waals surface area contributed by atoms with E-state index in [0.717, 1.165) is 31.4 Å². The molecule has 3 rings (SSSR count). The maximum Gasteiger partial charge on any atom is 0.234 e. The molecule has 0 radical (unpaired) electrons. The second kappa shape index (κ2) is 9.17. The van der Waals surface area contributed by atoms with E-state index in [4.69, 9.17) is 11.5 Å². The summed E-state index contributed by atoms with van der Waals surface area (Å²) in [4.78, 5) is 18.9. The Balaban J connectivity index is 1.73. The molecule has 7 nitrogen and oxygen atoms in total. The van der Waals surface area contributed by atoms with E-state index in [0.29, 0.717) is 18.2 Å². The minimum absolute atomic E-state index is 0.187. The van der Waals surface area contributed by atoms with E-state index in [2.05, 4.69) is 9.97 Å². The second-order valence-electron chi connectivity index (χ2n) is 8.53. The van der Waals surface area contributed by atoms with Gasteiger partial charge in [-0.2, -0.15) is 0 Å². The summed E-state index contributed by atoms with van der Waals surface area (Å²) in [6.45, 7) is 0. The van der Waals surface area contributed by atoms with Gasteiger partial charge in [0.05, 0.1) is 18.2 Å². The number of primary amides is 1. The maximum absolute atomic E-state index is 11.2. The van der Waals surface area contributed by atoms with Gasteiger partial charge in [-0.05, 0) is 31.1 Å². The lowest BCUT2D eigenvalue weighted by molar-refractivity contribution is -0.119. The highest BCUT2D eigenvalue weighted by molar-refractivity contribution is 5.79. The molecule has 0 aliphatic heterocycles. The van der Waals surface area contributed by atoms with Crippen LogP contribution >= 0.6 is 0 Å². The Labute approximate surface area is 160 Å². The molecule has 0 saturated heterocycles. The quantitative estimate of drug-likeness (QED) is 0.441. The fourth-order valence-electron chi connectivity index (χ4n) is 4.50. The number of hydrogen-bond donors (Lipinski definition) is 5. The molecule has 0 unspecified atom stereocenters. The highest BCUT2D eigenvalue weighted by atomic mass is 16.3. The first-order valence-corrected chi connectivity index (χ1v) is 10.4. The van der Waals surface area contributed by atoms with E-state index in [9.17, 15) is 15.0 Å². The standard InChI is InChI=1S/C20H34N4O3/c21-16(19(22)27)10-14-11-23-20(24-14)15(9-12-5-2-1-3-6-12)18(26)17(25)13-7-4-8-13/h11-13,15-18,25-26H,1-10,21H2,(H2,22,27)(H,23,24)/t15-,16+,17+,18-/m1/s1. The number of nitrogens with one attached hydrogen (secondary N) is 1. The monoisotopic (exact) mass is 378 g/mol. The summed E-state index contributed by atoms with van der Waals surface area (Å²) in [5, 5.41) is 21.6. The molecule has 1 heterocycles. The van der Waals surface area contributed by atoms with Crippen LogP contribution in [0, 0.1) is 11.8 Å². The van der Waals surface area contributed by atoms with Crippen LogP contribution in [0.4, 0.5) is 0 Å². The molecule has 7 N–H and O–H groups in total. The molecular weight excluding hydrogens is 344 g/mol. The zero-order chi connectivity index (χ0) is 19.4. The largest absolute Gasteiger partial charge is 0.390 e. The predicted molar refractivity (Wildman–Crippen MR) is 103 cm³/mol. The molecular formula is C20H34N4O3. The number of carbonyl (C=O) groups is 1. The van der Waals surface area contributed by atoms with E-state index < -0.39 is 24.2 Å². The van der Waals surface area contributed by atoms with Gasteiger partial charge >= 0.3 is 0 Å². The number of nitrogens with two attached hydrogens (primary N) is 2. The first kappa shape index (κ1) is 20.3. The third-order valence-electron chi connectivity index (χ3n) is 6.51. The van der Waals surface area contributed by atoms with Gasteiger partial charge in [0.1, 0.15) is 5.82 Å². The molecule has 1 aromatic rings. The molecule has 152 valence electrons. The van der Waals surface area contributed by atoms with Crippen LogP contribution in [0.3, 0.4) is 0 Å². The van der Waals surface area contributed by atoms with Crippen molar-refractivity contribution in [3.8, 4) is 0 Å². The van der Waals surface area contributed by atoms with Gasteiger partial charge in [0.2, 0.25) is 5.91 Å². The number of carbonyl (C=O) groups excluding carboxylic acids is 1. The number of aliphatic hydroxyl groups excluding tert-OH is 2. The molecule has 2 aliphatic rings. The number of hydrogen-bond acceptors (Lipinski definition) is 5. The van der Waals surface area contributed by atoms with Gasteiger partial charge in [-0.1, -0.05) is 38.5 Å². The van der Waals surface area contributed by atoms with E-state index in [-0.39, 0.29) is 11.8 Å². The average molecular weight is 379 g/mol. The maximum atomic E-state index is 11.2. The predicted octanol–water partition coefficient (Wildman–Crippen LogP) is 1.34. The molecule has 2 saturated carbocycles. The normalized spacial score (nSPS) is 23.4. The summed E-state index contributed by atoms with van der Waals surface area (Å²) >= 11 is 0. The van der Waals surface area contributed by atoms with Crippen molar-refractivity contribution in [2.75, 3.05) is 0 Å². The average Bonchev–Trinajstić information content (AvgIpc) is 3.06. The number of amides is 1. The highest BCUT2D eigenvalue weighted by Gasteiger charge is 2.38. The van der Waals surface area contributed by atoms with Crippen LogP contribution < -0.4 is 11.5 Å². The van der Waals surface area contributed by atoms with Gasteiger partial charge < -0.3 is 26.7 Å². The summed E-state index contributed by atoms with van der Waals surface area (Å²) in [5.41, 5.74) is 11.7. The summed E-state index contributed by atoms with van der Waals surface area (Å²) < 4.78 is 0. The molecule has 2 fully saturated rings. The van der Waals surface area contributed by atoms with Crippen molar-refractivity contribution < 1.29 is 15.0 Å². The van der Waals surface area contributed by atoms with Crippen LogP contribution in [0.15, 0.2) is 6.20 Å². The molecule has 4 atom stereocenters. The smallest absolute Gasteiger partial charge is 0.234 e. The number of nitrogens with zero attached hydrogens (tertiary/aromatic N) is 1. The summed E-state index contributed by atoms with van der Waals surface area (Å²) in [5.74, 6) is 0.630. The van der Waals surface area contributed by atoms with Gasteiger partial charge in [0.15, 0.2) is 0 Å². The van der Waals surface area contributed by atoms with Crippen LogP contribution in [0.25, 0.3) is 0 Å². The van der Waals surface area contributed by atoms with Crippen molar-refractivity contribution >= 4 is 5.91 Å². The lowest BCUT2D eigenvalue weighted by Crippen LogP contribution is -2.41. The Bertz CT molecular complexity index is 610. The molecule has 1 aromatic heterocycles. The number of aromatic nitrogens is 2. The van der Waals surface area contributed by atoms with Gasteiger partial charge in [-0.15, -0.1) is 0 Å².